The van der Waals surface area contributed by atoms with E-state index in [2.05, 4.69) is 5.32 Å². The van der Waals surface area contributed by atoms with Crippen LogP contribution in [0.25, 0.3) is 0 Å². The van der Waals surface area contributed by atoms with Crippen molar-refractivity contribution in [3.8, 4) is 0 Å². The summed E-state index contributed by atoms with van der Waals surface area (Å²) in [6.45, 7) is 4.66. The van der Waals surface area contributed by atoms with Crippen LogP contribution >= 0.6 is 0 Å². The molecule has 20 heavy (non-hydrogen) atoms. The summed E-state index contributed by atoms with van der Waals surface area (Å²) in [6.07, 6.45) is -0.865. The summed E-state index contributed by atoms with van der Waals surface area (Å²) in [7, 11) is 0. The second-order valence-corrected chi connectivity index (χ2v) is 5.22. The number of nitrogens with two attached hydrogens (primary N) is 1. The average Bonchev–Trinajstić information content (AvgIpc) is 2.23. The Balaban J connectivity index is 2.95. The standard InChI is InChI=1S/C13H17F3N2O2/c1-13(2,3)20-12(19)18-10(6-17)11-8(15)4-7(14)5-9(11)16/h4-5,10H,6,17H2,1-3H3,(H,18,19). The zero-order valence-corrected chi connectivity index (χ0v) is 11.5. The van der Waals surface area contributed by atoms with Crippen LogP contribution in [0.2, 0.25) is 0 Å². The van der Waals surface area contributed by atoms with Crippen LogP contribution in [0.1, 0.15) is 32.4 Å². The molecule has 0 aromatic heterocycles. The van der Waals surface area contributed by atoms with E-state index in [1.54, 1.807) is 20.8 Å². The Morgan fingerprint density at radius 3 is 2.20 bits per heavy atom. The number of rotatable bonds is 3. The summed E-state index contributed by atoms with van der Waals surface area (Å²) >= 11 is 0. The highest BCUT2D eigenvalue weighted by molar-refractivity contribution is 5.68. The molecule has 0 aliphatic rings. The van der Waals surface area contributed by atoms with Gasteiger partial charge in [-0.15, -0.1) is 0 Å². The van der Waals surface area contributed by atoms with Gasteiger partial charge in [-0.25, -0.2) is 18.0 Å². The van der Waals surface area contributed by atoms with Gasteiger partial charge < -0.3 is 15.8 Å². The van der Waals surface area contributed by atoms with E-state index in [1.165, 1.54) is 0 Å². The normalized spacial score (nSPS) is 12.9. The molecule has 112 valence electrons. The van der Waals surface area contributed by atoms with Crippen LogP contribution in [0.15, 0.2) is 12.1 Å². The molecule has 1 rings (SSSR count). The fourth-order valence-corrected chi connectivity index (χ4v) is 1.59. The van der Waals surface area contributed by atoms with Crippen molar-refractivity contribution in [2.24, 2.45) is 5.73 Å². The summed E-state index contributed by atoms with van der Waals surface area (Å²) in [5.74, 6) is -3.28. The van der Waals surface area contributed by atoms with Gasteiger partial charge in [0.25, 0.3) is 0 Å². The van der Waals surface area contributed by atoms with Gasteiger partial charge in [0.15, 0.2) is 0 Å². The predicted molar refractivity (Wildman–Crippen MR) is 67.5 cm³/mol. The lowest BCUT2D eigenvalue weighted by Gasteiger charge is -2.23. The van der Waals surface area contributed by atoms with Crippen LogP contribution in [-0.4, -0.2) is 18.2 Å². The van der Waals surface area contributed by atoms with E-state index in [0.717, 1.165) is 0 Å². The van der Waals surface area contributed by atoms with Gasteiger partial charge in [0.2, 0.25) is 0 Å². The SMILES string of the molecule is CC(C)(C)OC(=O)NC(CN)c1c(F)cc(F)cc1F. The van der Waals surface area contributed by atoms with Crippen LogP contribution < -0.4 is 11.1 Å². The second kappa shape index (κ2) is 6.13. The first-order valence-electron chi connectivity index (χ1n) is 5.98. The molecule has 4 nitrogen and oxygen atoms in total. The lowest BCUT2D eigenvalue weighted by atomic mass is 10.1. The van der Waals surface area contributed by atoms with Crippen LogP contribution in [-0.2, 0) is 4.74 Å². The molecular formula is C13H17F3N2O2. The van der Waals surface area contributed by atoms with Gasteiger partial charge in [-0.3, -0.25) is 0 Å². The molecule has 1 aromatic rings. The van der Waals surface area contributed by atoms with Crippen LogP contribution in [0.4, 0.5) is 18.0 Å². The van der Waals surface area contributed by atoms with E-state index >= 15 is 0 Å². The number of halogens is 3. The van der Waals surface area contributed by atoms with E-state index < -0.39 is 40.8 Å². The molecule has 0 fully saturated rings. The number of carbonyl (C=O) groups is 1. The fourth-order valence-electron chi connectivity index (χ4n) is 1.59. The lowest BCUT2D eigenvalue weighted by Crippen LogP contribution is -2.38. The zero-order chi connectivity index (χ0) is 15.5. The Morgan fingerprint density at radius 2 is 1.80 bits per heavy atom. The Morgan fingerprint density at radius 1 is 1.30 bits per heavy atom. The molecule has 0 spiro atoms. The van der Waals surface area contributed by atoms with Crippen molar-refractivity contribution < 1.29 is 22.7 Å². The van der Waals surface area contributed by atoms with Gasteiger partial charge in [-0.2, -0.15) is 0 Å². The molecule has 1 amide bonds. The maximum Gasteiger partial charge on any atom is 0.408 e. The Hall–Kier alpha value is -1.76. The van der Waals surface area contributed by atoms with Crippen molar-refractivity contribution in [2.45, 2.75) is 32.4 Å². The Bertz CT molecular complexity index is 478. The molecule has 0 bridgehead atoms. The lowest BCUT2D eigenvalue weighted by molar-refractivity contribution is 0.0504. The summed E-state index contributed by atoms with van der Waals surface area (Å²) in [4.78, 5) is 11.6. The smallest absolute Gasteiger partial charge is 0.408 e. The zero-order valence-electron chi connectivity index (χ0n) is 11.5. The number of alkyl carbamates (subject to hydrolysis) is 1. The third kappa shape index (κ3) is 4.41. The number of benzene rings is 1. The first-order chi connectivity index (χ1) is 9.14. The summed E-state index contributed by atoms with van der Waals surface area (Å²) in [5.41, 5.74) is 4.13. The van der Waals surface area contributed by atoms with Crippen molar-refractivity contribution in [1.82, 2.24) is 5.32 Å². The molecule has 1 unspecified atom stereocenters. The monoisotopic (exact) mass is 290 g/mol. The number of amides is 1. The minimum absolute atomic E-state index is 0.265. The van der Waals surface area contributed by atoms with Crippen molar-refractivity contribution in [3.63, 3.8) is 0 Å². The molecule has 0 saturated heterocycles. The number of ether oxygens (including phenoxy) is 1. The summed E-state index contributed by atoms with van der Waals surface area (Å²) in [6, 6.07) is -0.0965. The minimum atomic E-state index is -1.15. The maximum absolute atomic E-state index is 13.6. The topological polar surface area (TPSA) is 64.3 Å². The van der Waals surface area contributed by atoms with E-state index in [-0.39, 0.29) is 6.54 Å². The molecular weight excluding hydrogens is 273 g/mol. The Labute approximate surface area is 115 Å². The molecule has 0 aliphatic carbocycles. The molecule has 1 aromatic carbocycles. The Kier molecular flexibility index (Phi) is 4.99. The number of nitrogens with one attached hydrogen (secondary N) is 1. The van der Waals surface area contributed by atoms with Gasteiger partial charge in [0.05, 0.1) is 6.04 Å². The van der Waals surface area contributed by atoms with Crippen molar-refractivity contribution in [3.05, 3.63) is 35.1 Å². The summed E-state index contributed by atoms with van der Waals surface area (Å²) < 4.78 is 45.0. The molecule has 0 heterocycles. The molecule has 7 heteroatoms. The molecule has 0 aliphatic heterocycles. The van der Waals surface area contributed by atoms with E-state index in [9.17, 15) is 18.0 Å². The minimum Gasteiger partial charge on any atom is -0.444 e. The third-order valence-corrected chi connectivity index (χ3v) is 2.32. The fraction of sp³-hybridized carbons (Fsp3) is 0.462. The highest BCUT2D eigenvalue weighted by Gasteiger charge is 2.24. The highest BCUT2D eigenvalue weighted by Crippen LogP contribution is 2.22. The van der Waals surface area contributed by atoms with E-state index in [0.29, 0.717) is 12.1 Å². The third-order valence-electron chi connectivity index (χ3n) is 2.32. The highest BCUT2D eigenvalue weighted by atomic mass is 19.1. The second-order valence-electron chi connectivity index (χ2n) is 5.22. The van der Waals surface area contributed by atoms with Gasteiger partial charge in [0.1, 0.15) is 23.1 Å². The van der Waals surface area contributed by atoms with E-state index in [4.69, 9.17) is 10.5 Å². The molecule has 0 saturated carbocycles. The quantitative estimate of drug-likeness (QED) is 0.899. The first kappa shape index (κ1) is 16.3. The van der Waals surface area contributed by atoms with E-state index in [1.807, 2.05) is 0 Å². The van der Waals surface area contributed by atoms with Crippen LogP contribution in [0, 0.1) is 17.5 Å². The van der Waals surface area contributed by atoms with Crippen LogP contribution in [0.3, 0.4) is 0 Å². The van der Waals surface area contributed by atoms with Gasteiger partial charge in [-0.05, 0) is 20.8 Å². The number of hydrogen-bond acceptors (Lipinski definition) is 3. The molecule has 1 atom stereocenters. The van der Waals surface area contributed by atoms with Crippen molar-refractivity contribution >= 4 is 6.09 Å². The largest absolute Gasteiger partial charge is 0.444 e. The predicted octanol–water partition coefficient (Wildman–Crippen LogP) is 2.63. The number of hydrogen-bond donors (Lipinski definition) is 2. The summed E-state index contributed by atoms with van der Waals surface area (Å²) in [5, 5.41) is 2.25. The van der Waals surface area contributed by atoms with Crippen molar-refractivity contribution in [1.29, 1.82) is 0 Å². The first-order valence-corrected chi connectivity index (χ1v) is 5.98. The van der Waals surface area contributed by atoms with Gasteiger partial charge >= 0.3 is 6.09 Å². The number of carbonyl (C=O) groups excluding carboxylic acids is 1. The molecule has 0 radical (unpaired) electrons. The van der Waals surface area contributed by atoms with Gasteiger partial charge in [-0.1, -0.05) is 0 Å². The maximum atomic E-state index is 13.6. The van der Waals surface area contributed by atoms with Gasteiger partial charge in [0, 0.05) is 24.2 Å². The van der Waals surface area contributed by atoms with Crippen molar-refractivity contribution in [2.75, 3.05) is 6.54 Å². The average molecular weight is 290 g/mol. The molecule has 3 N–H and O–H groups in total. The van der Waals surface area contributed by atoms with Crippen LogP contribution in [0.5, 0.6) is 0 Å².